The topological polar surface area (TPSA) is 73.5 Å². The van der Waals surface area contributed by atoms with Crippen LogP contribution in [0.5, 0.6) is 0 Å². The number of amides is 4. The van der Waals surface area contributed by atoms with E-state index >= 15 is 0 Å². The van der Waals surface area contributed by atoms with Gasteiger partial charge in [0.1, 0.15) is 5.82 Å². The van der Waals surface area contributed by atoms with E-state index in [1.54, 1.807) is 0 Å². The van der Waals surface area contributed by atoms with Crippen LogP contribution in [-0.2, 0) is 0 Å². The summed E-state index contributed by atoms with van der Waals surface area (Å²) in [7, 11) is 0. The van der Waals surface area contributed by atoms with Crippen LogP contribution in [0.15, 0.2) is 23.5 Å². The fourth-order valence-electron chi connectivity index (χ4n) is 2.07. The van der Waals surface area contributed by atoms with Gasteiger partial charge in [-0.15, -0.1) is 0 Å². The molecule has 0 spiro atoms. The molecule has 3 aliphatic rings. The number of hydrogen-bond acceptors (Lipinski definition) is 3. The number of hydrazine groups is 1. The Kier molecular flexibility index (Phi) is 1.53. The first-order valence-electron chi connectivity index (χ1n) is 4.84. The lowest BCUT2D eigenvalue weighted by molar-refractivity contribution is 0.198. The maximum absolute atomic E-state index is 11.6. The maximum atomic E-state index is 11.6. The zero-order chi connectivity index (χ0) is 10.4. The molecule has 1 unspecified atom stereocenters. The average molecular weight is 206 g/mol. The minimum Gasteiger partial charge on any atom is -0.330 e. The lowest BCUT2D eigenvalue weighted by Crippen LogP contribution is -2.51. The van der Waals surface area contributed by atoms with Crippen LogP contribution in [0.25, 0.3) is 0 Å². The van der Waals surface area contributed by atoms with E-state index in [-0.39, 0.29) is 12.1 Å². The number of nitrogens with zero attached hydrogens (tertiary/aromatic N) is 1. The minimum absolute atomic E-state index is 0.0222. The lowest BCUT2D eigenvalue weighted by atomic mass is 9.94. The zero-order valence-electron chi connectivity index (χ0n) is 7.91. The Morgan fingerprint density at radius 3 is 3.00 bits per heavy atom. The maximum Gasteiger partial charge on any atom is 0.350 e. The first-order valence-corrected chi connectivity index (χ1v) is 4.84. The van der Waals surface area contributed by atoms with Gasteiger partial charge in [-0.25, -0.2) is 15.0 Å². The van der Waals surface area contributed by atoms with Gasteiger partial charge in [-0.05, 0) is 12.8 Å². The number of nitrogens with one attached hydrogen (secondary N) is 3. The third kappa shape index (κ3) is 1.04. The zero-order valence-corrected chi connectivity index (χ0v) is 7.91. The quantitative estimate of drug-likeness (QED) is 0.529. The van der Waals surface area contributed by atoms with Gasteiger partial charge in [0.05, 0.1) is 6.04 Å². The van der Waals surface area contributed by atoms with Gasteiger partial charge in [0, 0.05) is 5.57 Å². The van der Waals surface area contributed by atoms with Gasteiger partial charge in [-0.3, -0.25) is 5.43 Å². The molecule has 3 N–H and O–H groups in total. The van der Waals surface area contributed by atoms with Crippen molar-refractivity contribution >= 4 is 12.1 Å². The highest BCUT2D eigenvalue weighted by molar-refractivity contribution is 5.98. The highest BCUT2D eigenvalue weighted by Crippen LogP contribution is 2.26. The molecule has 4 amide bonds. The molecule has 0 radical (unpaired) electrons. The number of carbonyl (C=O) groups excluding carboxylic acids is 2. The normalized spacial score (nSPS) is 28.0. The summed E-state index contributed by atoms with van der Waals surface area (Å²) in [5, 5.41) is 2.80. The highest BCUT2D eigenvalue weighted by atomic mass is 16.2. The van der Waals surface area contributed by atoms with Gasteiger partial charge in [0.25, 0.3) is 0 Å². The van der Waals surface area contributed by atoms with Crippen LogP contribution in [0.2, 0.25) is 0 Å². The Morgan fingerprint density at radius 1 is 1.27 bits per heavy atom. The molecular weight excluding hydrogens is 196 g/mol. The second-order valence-corrected chi connectivity index (χ2v) is 3.68. The number of fused-ring (bicyclic) bond motifs is 2. The third-order valence-corrected chi connectivity index (χ3v) is 2.78. The Bertz CT molecular complexity index is 412. The summed E-state index contributed by atoms with van der Waals surface area (Å²) in [6, 6.07) is -0.780. The standard InChI is InChI=1S/C9H10N4O2/c14-8-10-6-4-2-1-3-5(6)7-11-12-9(15)13(7)8/h1,3,6,11H,2,4H2,(H,10,14)(H,12,15). The molecule has 0 aromatic heterocycles. The molecule has 15 heavy (non-hydrogen) atoms. The van der Waals surface area contributed by atoms with Crippen molar-refractivity contribution in [2.24, 2.45) is 0 Å². The van der Waals surface area contributed by atoms with E-state index in [0.717, 1.165) is 23.3 Å². The fraction of sp³-hybridized carbons (Fsp3) is 0.333. The van der Waals surface area contributed by atoms with E-state index in [1.807, 2.05) is 12.2 Å². The summed E-state index contributed by atoms with van der Waals surface area (Å²) in [5.74, 6) is 0.560. The van der Waals surface area contributed by atoms with Gasteiger partial charge in [-0.2, -0.15) is 4.90 Å². The smallest absolute Gasteiger partial charge is 0.330 e. The molecule has 1 aliphatic carbocycles. The predicted molar refractivity (Wildman–Crippen MR) is 51.2 cm³/mol. The molecule has 1 atom stereocenters. The summed E-state index contributed by atoms with van der Waals surface area (Å²) in [4.78, 5) is 24.0. The van der Waals surface area contributed by atoms with Crippen molar-refractivity contribution in [3.05, 3.63) is 23.5 Å². The molecule has 0 aromatic carbocycles. The van der Waals surface area contributed by atoms with Gasteiger partial charge >= 0.3 is 12.1 Å². The van der Waals surface area contributed by atoms with Crippen molar-refractivity contribution in [3.8, 4) is 0 Å². The molecule has 2 aliphatic heterocycles. The fourth-order valence-corrected chi connectivity index (χ4v) is 2.07. The molecule has 0 bridgehead atoms. The molecule has 6 nitrogen and oxygen atoms in total. The summed E-state index contributed by atoms with van der Waals surface area (Å²) >= 11 is 0. The highest BCUT2D eigenvalue weighted by Gasteiger charge is 2.40. The summed E-state index contributed by atoms with van der Waals surface area (Å²) < 4.78 is 0. The molecule has 3 rings (SSSR count). The number of rotatable bonds is 0. The van der Waals surface area contributed by atoms with Crippen molar-refractivity contribution < 1.29 is 9.59 Å². The Morgan fingerprint density at radius 2 is 2.13 bits per heavy atom. The number of allylic oxidation sites excluding steroid dienone is 1. The van der Waals surface area contributed by atoms with Crippen LogP contribution in [0.4, 0.5) is 9.59 Å². The second kappa shape index (κ2) is 2.75. The van der Waals surface area contributed by atoms with Gasteiger partial charge in [0.2, 0.25) is 0 Å². The largest absolute Gasteiger partial charge is 0.350 e. The Labute approximate surface area is 86.0 Å². The van der Waals surface area contributed by atoms with E-state index < -0.39 is 6.03 Å². The second-order valence-electron chi connectivity index (χ2n) is 3.68. The summed E-state index contributed by atoms with van der Waals surface area (Å²) in [6.07, 6.45) is 5.82. The van der Waals surface area contributed by atoms with Gasteiger partial charge in [0.15, 0.2) is 0 Å². The van der Waals surface area contributed by atoms with Crippen molar-refractivity contribution in [3.63, 3.8) is 0 Å². The Hall–Kier alpha value is -1.98. The van der Waals surface area contributed by atoms with Crippen molar-refractivity contribution in [2.45, 2.75) is 18.9 Å². The summed E-state index contributed by atoms with van der Waals surface area (Å²) in [6.45, 7) is 0. The van der Waals surface area contributed by atoms with Crippen LogP contribution in [0.1, 0.15) is 12.8 Å². The van der Waals surface area contributed by atoms with Crippen molar-refractivity contribution in [1.29, 1.82) is 0 Å². The average Bonchev–Trinajstić information content (AvgIpc) is 2.62. The van der Waals surface area contributed by atoms with Gasteiger partial charge in [-0.1, -0.05) is 12.2 Å². The van der Waals surface area contributed by atoms with Crippen LogP contribution in [-0.4, -0.2) is 23.0 Å². The van der Waals surface area contributed by atoms with E-state index in [9.17, 15) is 9.59 Å². The number of imide groups is 1. The van der Waals surface area contributed by atoms with E-state index in [1.165, 1.54) is 0 Å². The first-order chi connectivity index (χ1) is 7.27. The van der Waals surface area contributed by atoms with E-state index in [4.69, 9.17) is 0 Å². The predicted octanol–water partition coefficient (Wildman–Crippen LogP) is 0.170. The van der Waals surface area contributed by atoms with Crippen molar-refractivity contribution in [2.75, 3.05) is 0 Å². The molecule has 1 saturated heterocycles. The van der Waals surface area contributed by atoms with E-state index in [0.29, 0.717) is 5.82 Å². The van der Waals surface area contributed by atoms with Crippen molar-refractivity contribution in [1.82, 2.24) is 21.1 Å². The molecule has 0 aromatic rings. The molecule has 1 fully saturated rings. The monoisotopic (exact) mass is 206 g/mol. The number of carbonyl (C=O) groups is 2. The number of hydrogen-bond donors (Lipinski definition) is 3. The first kappa shape index (κ1) is 8.34. The lowest BCUT2D eigenvalue weighted by Gasteiger charge is -2.31. The van der Waals surface area contributed by atoms with Gasteiger partial charge < -0.3 is 5.32 Å². The molecule has 0 saturated carbocycles. The van der Waals surface area contributed by atoms with Crippen LogP contribution in [0.3, 0.4) is 0 Å². The number of urea groups is 2. The van der Waals surface area contributed by atoms with Crippen LogP contribution >= 0.6 is 0 Å². The molecular formula is C9H10N4O2. The van der Waals surface area contributed by atoms with E-state index in [2.05, 4.69) is 16.2 Å². The minimum atomic E-state index is -0.438. The molecule has 78 valence electrons. The molecule has 6 heteroatoms. The molecule has 2 heterocycles. The third-order valence-electron chi connectivity index (χ3n) is 2.78. The SMILES string of the molecule is O=C1NNC2=C3C=CCCC3NC(=O)N12. The Balaban J connectivity index is 2.12. The van der Waals surface area contributed by atoms with Crippen LogP contribution < -0.4 is 16.2 Å². The van der Waals surface area contributed by atoms with Crippen LogP contribution in [0, 0.1) is 0 Å². The summed E-state index contributed by atoms with van der Waals surface area (Å²) in [5.41, 5.74) is 6.10.